The van der Waals surface area contributed by atoms with Crippen molar-refractivity contribution in [3.63, 3.8) is 0 Å². The van der Waals surface area contributed by atoms with Crippen molar-refractivity contribution < 1.29 is 4.79 Å². The Morgan fingerprint density at radius 1 is 1.09 bits per heavy atom. The zero-order chi connectivity index (χ0) is 23.0. The predicted octanol–water partition coefficient (Wildman–Crippen LogP) is 2.12. The monoisotopic (exact) mass is 469 g/mol. The number of hydrogen-bond acceptors (Lipinski definition) is 8. The van der Waals surface area contributed by atoms with Gasteiger partial charge in [-0.3, -0.25) is 14.6 Å². The summed E-state index contributed by atoms with van der Waals surface area (Å²) in [6.07, 6.45) is 9.35. The maximum absolute atomic E-state index is 12.4. The van der Waals surface area contributed by atoms with E-state index in [1.54, 1.807) is 6.20 Å². The third-order valence-electron chi connectivity index (χ3n) is 5.42. The fraction of sp³-hybridized carbons (Fsp3) is 0.429. The number of nitrogens with one attached hydrogen (secondary N) is 4. The number of hydrogen-bond donors (Lipinski definition) is 5. The van der Waals surface area contributed by atoms with Crippen molar-refractivity contribution in [1.82, 2.24) is 40.9 Å². The first-order valence-corrected chi connectivity index (χ1v) is 11.9. The number of thiophene rings is 1. The summed E-state index contributed by atoms with van der Waals surface area (Å²) in [5, 5.41) is 17.4. The molecule has 1 amide bonds. The van der Waals surface area contributed by atoms with Gasteiger partial charge in [0, 0.05) is 24.0 Å². The number of nitrogen functional groups attached to an aromatic ring is 1. The molecule has 4 heterocycles. The second-order valence-corrected chi connectivity index (χ2v) is 9.02. The SMILES string of the molecule is Nc1nc2[nH]cc(CCc3ccc(C(=O)NCCCCCCCc4nn[nH]n4)s3)c2c(=O)[nH]1. The van der Waals surface area contributed by atoms with Crippen LogP contribution in [0.5, 0.6) is 0 Å². The lowest BCUT2D eigenvalue weighted by Gasteiger charge is -2.03. The summed E-state index contributed by atoms with van der Waals surface area (Å²) in [6, 6.07) is 3.83. The van der Waals surface area contributed by atoms with Gasteiger partial charge in [0.1, 0.15) is 5.65 Å². The van der Waals surface area contributed by atoms with Crippen molar-refractivity contribution in [2.75, 3.05) is 12.3 Å². The number of aromatic nitrogens is 7. The number of fused-ring (bicyclic) bond motifs is 1. The maximum Gasteiger partial charge on any atom is 0.262 e. The molecule has 0 aliphatic heterocycles. The summed E-state index contributed by atoms with van der Waals surface area (Å²) in [5.74, 6) is 0.816. The van der Waals surface area contributed by atoms with Crippen molar-refractivity contribution >= 4 is 34.2 Å². The highest BCUT2D eigenvalue weighted by molar-refractivity contribution is 7.14. The summed E-state index contributed by atoms with van der Waals surface area (Å²) in [6.45, 7) is 0.672. The molecule has 0 radical (unpaired) electrons. The largest absolute Gasteiger partial charge is 0.369 e. The van der Waals surface area contributed by atoms with Crippen LogP contribution in [0.15, 0.2) is 23.1 Å². The first-order valence-electron chi connectivity index (χ1n) is 11.0. The predicted molar refractivity (Wildman–Crippen MR) is 126 cm³/mol. The van der Waals surface area contributed by atoms with Gasteiger partial charge in [0.2, 0.25) is 5.95 Å². The van der Waals surface area contributed by atoms with E-state index in [0.29, 0.717) is 28.9 Å². The average Bonchev–Trinajstić information content (AvgIpc) is 3.55. The number of H-pyrrole nitrogens is 3. The quantitative estimate of drug-likeness (QED) is 0.198. The van der Waals surface area contributed by atoms with Crippen molar-refractivity contribution in [3.05, 3.63) is 49.8 Å². The molecule has 0 aromatic carbocycles. The van der Waals surface area contributed by atoms with Crippen LogP contribution in [-0.2, 0) is 19.3 Å². The summed E-state index contributed by atoms with van der Waals surface area (Å²) in [4.78, 5) is 36.0. The second kappa shape index (κ2) is 10.9. The van der Waals surface area contributed by atoms with Gasteiger partial charge in [0.05, 0.1) is 10.3 Å². The standard InChI is InChI=1S/C21H27N9O2S/c22-21-25-18-17(20(32)26-21)13(12-24-18)7-8-14-9-10-15(33-14)19(31)23-11-5-3-1-2-4-6-16-27-29-30-28-16/h9-10,12H,1-8,11H2,(H,23,31)(H,27,28,29,30)(H4,22,24,25,26,32). The van der Waals surface area contributed by atoms with E-state index in [0.717, 1.165) is 61.2 Å². The Hall–Kier alpha value is -3.54. The number of nitrogens with zero attached hydrogens (tertiary/aromatic N) is 4. The van der Waals surface area contributed by atoms with E-state index < -0.39 is 0 Å². The molecule has 6 N–H and O–H groups in total. The number of anilines is 1. The molecule has 174 valence electrons. The zero-order valence-corrected chi connectivity index (χ0v) is 19.0. The van der Waals surface area contributed by atoms with Gasteiger partial charge >= 0.3 is 0 Å². The van der Waals surface area contributed by atoms with E-state index in [4.69, 9.17) is 5.73 Å². The number of aryl methyl sites for hydroxylation is 3. The summed E-state index contributed by atoms with van der Waals surface area (Å²) < 4.78 is 0. The Morgan fingerprint density at radius 3 is 2.79 bits per heavy atom. The Morgan fingerprint density at radius 2 is 1.94 bits per heavy atom. The van der Waals surface area contributed by atoms with E-state index in [-0.39, 0.29) is 17.4 Å². The van der Waals surface area contributed by atoms with Crippen LogP contribution in [0.2, 0.25) is 0 Å². The van der Waals surface area contributed by atoms with Gasteiger partial charge in [0.15, 0.2) is 5.82 Å². The number of tetrazole rings is 1. The van der Waals surface area contributed by atoms with Crippen molar-refractivity contribution in [2.45, 2.75) is 51.4 Å². The van der Waals surface area contributed by atoms with E-state index in [9.17, 15) is 9.59 Å². The highest BCUT2D eigenvalue weighted by Crippen LogP contribution is 2.21. The molecule has 11 nitrogen and oxygen atoms in total. The second-order valence-electron chi connectivity index (χ2n) is 7.86. The molecule has 0 fully saturated rings. The van der Waals surface area contributed by atoms with Crippen LogP contribution in [-0.4, -0.2) is 48.0 Å². The molecule has 33 heavy (non-hydrogen) atoms. The van der Waals surface area contributed by atoms with Gasteiger partial charge < -0.3 is 16.0 Å². The van der Waals surface area contributed by atoms with E-state index in [1.807, 2.05) is 12.1 Å². The first kappa shape index (κ1) is 22.6. The first-order chi connectivity index (χ1) is 16.1. The Labute approximate surface area is 193 Å². The average molecular weight is 470 g/mol. The number of aromatic amines is 3. The van der Waals surface area contributed by atoms with E-state index in [1.165, 1.54) is 11.3 Å². The molecule has 0 aliphatic carbocycles. The molecule has 0 bridgehead atoms. The fourth-order valence-electron chi connectivity index (χ4n) is 3.73. The lowest BCUT2D eigenvalue weighted by atomic mass is 10.1. The van der Waals surface area contributed by atoms with Crippen LogP contribution in [0.1, 0.15) is 58.0 Å². The number of carbonyl (C=O) groups excluding carboxylic acids is 1. The van der Waals surface area contributed by atoms with Crippen LogP contribution < -0.4 is 16.6 Å². The Bertz CT molecular complexity index is 1240. The smallest absolute Gasteiger partial charge is 0.262 e. The molecule has 4 aromatic heterocycles. The van der Waals surface area contributed by atoms with Crippen molar-refractivity contribution in [2.24, 2.45) is 0 Å². The molecular formula is C21H27N9O2S. The molecule has 0 atom stereocenters. The Balaban J connectivity index is 1.16. The van der Waals surface area contributed by atoms with Gasteiger partial charge in [0.25, 0.3) is 11.5 Å². The van der Waals surface area contributed by atoms with Crippen LogP contribution in [0.3, 0.4) is 0 Å². The lowest BCUT2D eigenvalue weighted by molar-refractivity contribution is 0.0957. The number of nitrogens with two attached hydrogens (primary N) is 1. The fourth-order valence-corrected chi connectivity index (χ4v) is 4.65. The topological polar surface area (TPSA) is 171 Å². The highest BCUT2D eigenvalue weighted by Gasteiger charge is 2.12. The third kappa shape index (κ3) is 6.04. The van der Waals surface area contributed by atoms with Gasteiger partial charge in [-0.1, -0.05) is 24.5 Å². The van der Waals surface area contributed by atoms with Crippen LogP contribution in [0, 0.1) is 0 Å². The minimum absolute atomic E-state index is 0.0356. The van der Waals surface area contributed by atoms with Crippen LogP contribution in [0.4, 0.5) is 5.95 Å². The van der Waals surface area contributed by atoms with Gasteiger partial charge in [-0.25, -0.2) is 0 Å². The van der Waals surface area contributed by atoms with Gasteiger partial charge in [-0.05, 0) is 43.4 Å². The summed E-state index contributed by atoms with van der Waals surface area (Å²) in [7, 11) is 0. The molecule has 4 rings (SSSR count). The molecular weight excluding hydrogens is 442 g/mol. The molecule has 0 saturated carbocycles. The van der Waals surface area contributed by atoms with Crippen LogP contribution in [0.25, 0.3) is 11.0 Å². The number of unbranched alkanes of at least 4 members (excludes halogenated alkanes) is 4. The van der Waals surface area contributed by atoms with Crippen LogP contribution >= 0.6 is 11.3 Å². The van der Waals surface area contributed by atoms with Crippen molar-refractivity contribution in [3.8, 4) is 0 Å². The van der Waals surface area contributed by atoms with E-state index >= 15 is 0 Å². The molecule has 0 spiro atoms. The summed E-state index contributed by atoms with van der Waals surface area (Å²) >= 11 is 1.49. The molecule has 4 aromatic rings. The van der Waals surface area contributed by atoms with E-state index in [2.05, 4.69) is 40.9 Å². The summed E-state index contributed by atoms with van der Waals surface area (Å²) in [5.41, 5.74) is 6.72. The Kier molecular flexibility index (Phi) is 7.45. The van der Waals surface area contributed by atoms with Gasteiger partial charge in [-0.2, -0.15) is 10.2 Å². The zero-order valence-electron chi connectivity index (χ0n) is 18.2. The molecule has 12 heteroatoms. The number of carbonyl (C=O) groups is 1. The highest BCUT2D eigenvalue weighted by atomic mass is 32.1. The number of amides is 1. The molecule has 0 saturated heterocycles. The minimum atomic E-state index is -0.244. The molecule has 0 aliphatic rings. The molecule has 0 unspecified atom stereocenters. The number of rotatable bonds is 12. The van der Waals surface area contributed by atoms with Gasteiger partial charge in [-0.15, -0.1) is 21.5 Å². The third-order valence-corrected chi connectivity index (χ3v) is 6.56. The maximum atomic E-state index is 12.4. The minimum Gasteiger partial charge on any atom is -0.369 e. The van der Waals surface area contributed by atoms with Crippen molar-refractivity contribution in [1.29, 1.82) is 0 Å². The lowest BCUT2D eigenvalue weighted by Crippen LogP contribution is -2.23. The normalized spacial score (nSPS) is 11.3.